The number of hydrogen-bond donors (Lipinski definition) is 1. The number of rotatable bonds is 5. The molecule has 0 saturated carbocycles. The second-order valence-electron chi connectivity index (χ2n) is 3.20. The summed E-state index contributed by atoms with van der Waals surface area (Å²) in [7, 11) is 2.88. The fourth-order valence-corrected chi connectivity index (χ4v) is 1.44. The van der Waals surface area contributed by atoms with Crippen LogP contribution in [0.15, 0.2) is 12.1 Å². The molecule has 1 rings (SSSR count). The van der Waals surface area contributed by atoms with Gasteiger partial charge in [0.2, 0.25) is 0 Å². The van der Waals surface area contributed by atoms with Crippen LogP contribution in [0.3, 0.4) is 0 Å². The Balaban J connectivity index is 3.06. The number of benzene rings is 1. The van der Waals surface area contributed by atoms with E-state index in [9.17, 15) is 15.0 Å². The van der Waals surface area contributed by atoms with E-state index in [1.165, 1.54) is 26.4 Å². The van der Waals surface area contributed by atoms with Crippen molar-refractivity contribution in [2.75, 3.05) is 14.2 Å². The standard InChI is InChI=1S/C11H14O5/c1-15-9-5-7(12)6-10(16-2)8(9)3-4-11(13)14/h5-6,12H,3-4H2,1-2H3,(H,13,14)/p-1. The van der Waals surface area contributed by atoms with E-state index in [0.717, 1.165) is 0 Å². The summed E-state index contributed by atoms with van der Waals surface area (Å²) in [5, 5.41) is 19.8. The minimum Gasteiger partial charge on any atom is -0.550 e. The second-order valence-corrected chi connectivity index (χ2v) is 3.20. The van der Waals surface area contributed by atoms with Crippen molar-refractivity contribution in [3.05, 3.63) is 17.7 Å². The first kappa shape index (κ1) is 12.2. The predicted molar refractivity (Wildman–Crippen MR) is 54.5 cm³/mol. The number of hydrogen-bond acceptors (Lipinski definition) is 5. The van der Waals surface area contributed by atoms with Crippen molar-refractivity contribution < 1.29 is 24.5 Å². The predicted octanol–water partition coefficient (Wildman–Crippen LogP) is 0.0919. The van der Waals surface area contributed by atoms with Crippen molar-refractivity contribution in [2.45, 2.75) is 12.8 Å². The van der Waals surface area contributed by atoms with E-state index in [-0.39, 0.29) is 18.6 Å². The number of methoxy groups -OCH3 is 2. The Kier molecular flexibility index (Phi) is 3.99. The molecule has 0 spiro atoms. The highest BCUT2D eigenvalue weighted by Crippen LogP contribution is 2.34. The average Bonchev–Trinajstić information content (AvgIpc) is 2.25. The summed E-state index contributed by atoms with van der Waals surface area (Å²) in [6.07, 6.45) is 0.104. The Labute approximate surface area is 93.2 Å². The molecular weight excluding hydrogens is 212 g/mol. The number of ether oxygens (including phenoxy) is 2. The molecule has 0 aromatic heterocycles. The molecule has 5 nitrogen and oxygen atoms in total. The number of carboxylic acid groups (broad SMARTS) is 1. The van der Waals surface area contributed by atoms with Crippen molar-refractivity contribution >= 4 is 5.97 Å². The van der Waals surface area contributed by atoms with Gasteiger partial charge in [-0.3, -0.25) is 0 Å². The summed E-state index contributed by atoms with van der Waals surface area (Å²) >= 11 is 0. The van der Waals surface area contributed by atoms with Gasteiger partial charge in [0.1, 0.15) is 17.2 Å². The van der Waals surface area contributed by atoms with Crippen LogP contribution in [-0.4, -0.2) is 25.3 Å². The number of phenols is 1. The lowest BCUT2D eigenvalue weighted by molar-refractivity contribution is -0.305. The van der Waals surface area contributed by atoms with Gasteiger partial charge in [0.15, 0.2) is 0 Å². The molecule has 0 saturated heterocycles. The summed E-state index contributed by atoms with van der Waals surface area (Å²) in [5.74, 6) is -0.334. The molecule has 5 heteroatoms. The van der Waals surface area contributed by atoms with E-state index in [0.29, 0.717) is 17.1 Å². The lowest BCUT2D eigenvalue weighted by Gasteiger charge is -2.13. The molecule has 1 N–H and O–H groups in total. The summed E-state index contributed by atoms with van der Waals surface area (Å²) < 4.78 is 10.1. The minimum atomic E-state index is -1.14. The van der Waals surface area contributed by atoms with Gasteiger partial charge in [0.05, 0.1) is 14.2 Å². The SMILES string of the molecule is COc1cc(O)cc(OC)c1CCC(=O)[O-]. The van der Waals surface area contributed by atoms with Crippen LogP contribution in [0.5, 0.6) is 17.2 Å². The Morgan fingerprint density at radius 3 is 2.19 bits per heavy atom. The quantitative estimate of drug-likeness (QED) is 0.768. The van der Waals surface area contributed by atoms with Crippen LogP contribution in [0.1, 0.15) is 12.0 Å². The van der Waals surface area contributed by atoms with Gasteiger partial charge in [-0.2, -0.15) is 0 Å². The van der Waals surface area contributed by atoms with Crippen LogP contribution in [0, 0.1) is 0 Å². The minimum absolute atomic E-state index is 0.00546. The van der Waals surface area contributed by atoms with Gasteiger partial charge in [-0.15, -0.1) is 0 Å². The second kappa shape index (κ2) is 5.25. The smallest absolute Gasteiger partial charge is 0.129 e. The molecule has 0 bridgehead atoms. The Morgan fingerprint density at radius 1 is 1.31 bits per heavy atom. The first-order valence-electron chi connectivity index (χ1n) is 4.72. The van der Waals surface area contributed by atoms with E-state index in [1.54, 1.807) is 0 Å². The Bertz CT molecular complexity index is 361. The van der Waals surface area contributed by atoms with Crippen molar-refractivity contribution in [2.24, 2.45) is 0 Å². The molecule has 16 heavy (non-hydrogen) atoms. The first-order chi connectivity index (χ1) is 7.58. The van der Waals surface area contributed by atoms with Gasteiger partial charge in [-0.05, 0) is 12.8 Å². The molecule has 1 aromatic carbocycles. The highest BCUT2D eigenvalue weighted by Gasteiger charge is 2.12. The molecule has 0 radical (unpaired) electrons. The van der Waals surface area contributed by atoms with Crippen LogP contribution < -0.4 is 14.6 Å². The number of aliphatic carboxylic acids is 1. The van der Waals surface area contributed by atoms with Gasteiger partial charge < -0.3 is 24.5 Å². The molecule has 0 unspecified atom stereocenters. The van der Waals surface area contributed by atoms with Crippen molar-refractivity contribution in [3.63, 3.8) is 0 Å². The summed E-state index contributed by atoms with van der Waals surface area (Å²) in [6.45, 7) is 0. The third kappa shape index (κ3) is 2.79. The van der Waals surface area contributed by atoms with Crippen LogP contribution in [-0.2, 0) is 11.2 Å². The van der Waals surface area contributed by atoms with Crippen molar-refractivity contribution in [1.29, 1.82) is 0 Å². The lowest BCUT2D eigenvalue weighted by atomic mass is 10.1. The van der Waals surface area contributed by atoms with E-state index < -0.39 is 5.97 Å². The van der Waals surface area contributed by atoms with Crippen LogP contribution in [0.25, 0.3) is 0 Å². The topological polar surface area (TPSA) is 78.8 Å². The largest absolute Gasteiger partial charge is 0.550 e. The van der Waals surface area contributed by atoms with Gasteiger partial charge in [0, 0.05) is 23.7 Å². The van der Waals surface area contributed by atoms with E-state index >= 15 is 0 Å². The third-order valence-electron chi connectivity index (χ3n) is 2.17. The number of carbonyl (C=O) groups is 1. The van der Waals surface area contributed by atoms with Crippen molar-refractivity contribution in [3.8, 4) is 17.2 Å². The van der Waals surface area contributed by atoms with Crippen LogP contribution in [0.2, 0.25) is 0 Å². The lowest BCUT2D eigenvalue weighted by Crippen LogP contribution is -2.22. The monoisotopic (exact) mass is 225 g/mol. The molecular formula is C11H13O5-. The van der Waals surface area contributed by atoms with Crippen molar-refractivity contribution in [1.82, 2.24) is 0 Å². The maximum Gasteiger partial charge on any atom is 0.129 e. The van der Waals surface area contributed by atoms with Gasteiger partial charge in [0.25, 0.3) is 0 Å². The fraction of sp³-hybridized carbons (Fsp3) is 0.364. The third-order valence-corrected chi connectivity index (χ3v) is 2.17. The van der Waals surface area contributed by atoms with Gasteiger partial charge in [-0.1, -0.05) is 0 Å². The van der Waals surface area contributed by atoms with E-state index in [2.05, 4.69) is 0 Å². The summed E-state index contributed by atoms with van der Waals surface area (Å²) in [4.78, 5) is 10.4. The zero-order valence-corrected chi connectivity index (χ0v) is 9.15. The van der Waals surface area contributed by atoms with E-state index in [1.807, 2.05) is 0 Å². The number of carbonyl (C=O) groups excluding carboxylic acids is 1. The fourth-order valence-electron chi connectivity index (χ4n) is 1.44. The Morgan fingerprint density at radius 2 is 1.81 bits per heavy atom. The number of phenolic OH excluding ortho intramolecular Hbond substituents is 1. The molecule has 0 amide bonds. The maximum absolute atomic E-state index is 10.4. The highest BCUT2D eigenvalue weighted by atomic mass is 16.5. The molecule has 1 aromatic rings. The van der Waals surface area contributed by atoms with E-state index in [4.69, 9.17) is 9.47 Å². The zero-order chi connectivity index (χ0) is 12.1. The van der Waals surface area contributed by atoms with Crippen LogP contribution >= 0.6 is 0 Å². The molecule has 88 valence electrons. The summed E-state index contributed by atoms with van der Waals surface area (Å²) in [5.41, 5.74) is 0.604. The molecule has 0 atom stereocenters. The average molecular weight is 225 g/mol. The summed E-state index contributed by atoms with van der Waals surface area (Å²) in [6, 6.07) is 2.82. The molecule has 0 heterocycles. The molecule has 0 aliphatic rings. The van der Waals surface area contributed by atoms with Crippen LogP contribution in [0.4, 0.5) is 0 Å². The molecule has 0 fully saturated rings. The maximum atomic E-state index is 10.4. The number of aromatic hydroxyl groups is 1. The molecule has 0 aliphatic carbocycles. The molecule has 0 aliphatic heterocycles. The van der Waals surface area contributed by atoms with Gasteiger partial charge >= 0.3 is 0 Å². The normalized spacial score (nSPS) is 9.88. The first-order valence-corrected chi connectivity index (χ1v) is 4.72. The highest BCUT2D eigenvalue weighted by molar-refractivity contribution is 5.65. The van der Waals surface area contributed by atoms with Gasteiger partial charge in [-0.25, -0.2) is 0 Å². The number of carboxylic acids is 1. The zero-order valence-electron chi connectivity index (χ0n) is 9.15. The Hall–Kier alpha value is -1.91.